The molecule has 0 unspecified atom stereocenters. The first-order valence-electron chi connectivity index (χ1n) is 3.47. The molecular formula is C8H11N2O+. The number of benzene rings is 1. The van der Waals surface area contributed by atoms with Gasteiger partial charge in [-0.1, -0.05) is 18.2 Å². The Kier molecular flexibility index (Phi) is 2.63. The Balaban J connectivity index is 2.58. The molecule has 0 fully saturated rings. The van der Waals surface area contributed by atoms with E-state index >= 15 is 0 Å². The molecule has 0 radical (unpaired) electrons. The number of amides is 1. The van der Waals surface area contributed by atoms with E-state index in [1.807, 2.05) is 30.3 Å². The zero-order valence-corrected chi connectivity index (χ0v) is 6.21. The Morgan fingerprint density at radius 2 is 2.00 bits per heavy atom. The summed E-state index contributed by atoms with van der Waals surface area (Å²) < 4.78 is 0. The lowest BCUT2D eigenvalue weighted by molar-refractivity contribution is -0.353. The number of hydrogen-bond acceptors (Lipinski definition) is 1. The van der Waals surface area contributed by atoms with Crippen molar-refractivity contribution in [3.05, 3.63) is 30.3 Å². The number of anilines is 1. The van der Waals surface area contributed by atoms with E-state index in [-0.39, 0.29) is 12.5 Å². The molecule has 0 bridgehead atoms. The van der Waals surface area contributed by atoms with Gasteiger partial charge in [0.15, 0.2) is 6.54 Å². The fraction of sp³-hybridized carbons (Fsp3) is 0.125. The van der Waals surface area contributed by atoms with E-state index in [1.54, 1.807) is 0 Å². The molecular weight excluding hydrogens is 140 g/mol. The third-order valence-corrected chi connectivity index (χ3v) is 1.28. The monoisotopic (exact) mass is 151 g/mol. The molecule has 1 aromatic rings. The van der Waals surface area contributed by atoms with Gasteiger partial charge in [-0.25, -0.2) is 0 Å². The molecule has 1 amide bonds. The molecule has 58 valence electrons. The number of carbonyl (C=O) groups excluding carboxylic acids is 1. The predicted molar refractivity (Wildman–Crippen MR) is 42.8 cm³/mol. The van der Waals surface area contributed by atoms with Crippen LogP contribution >= 0.6 is 0 Å². The van der Waals surface area contributed by atoms with Gasteiger partial charge in [-0.05, 0) is 12.1 Å². The maximum atomic E-state index is 10.8. The van der Waals surface area contributed by atoms with Crippen molar-refractivity contribution < 1.29 is 10.5 Å². The lowest BCUT2D eigenvalue weighted by atomic mass is 10.3. The first-order chi connectivity index (χ1) is 5.33. The van der Waals surface area contributed by atoms with Gasteiger partial charge in [0, 0.05) is 5.69 Å². The average Bonchev–Trinajstić information content (AvgIpc) is 2.06. The van der Waals surface area contributed by atoms with Crippen LogP contribution in [0.2, 0.25) is 0 Å². The maximum absolute atomic E-state index is 10.8. The van der Waals surface area contributed by atoms with Gasteiger partial charge in [-0.15, -0.1) is 0 Å². The van der Waals surface area contributed by atoms with Crippen LogP contribution < -0.4 is 11.1 Å². The van der Waals surface area contributed by atoms with Gasteiger partial charge in [0.25, 0.3) is 5.91 Å². The lowest BCUT2D eigenvalue weighted by Gasteiger charge is -1.99. The molecule has 0 saturated carbocycles. The highest BCUT2D eigenvalue weighted by Gasteiger charge is 1.98. The Morgan fingerprint density at radius 1 is 1.36 bits per heavy atom. The highest BCUT2D eigenvalue weighted by atomic mass is 16.1. The molecule has 11 heavy (non-hydrogen) atoms. The zero-order valence-electron chi connectivity index (χ0n) is 6.21. The summed E-state index contributed by atoms with van der Waals surface area (Å²) >= 11 is 0. The van der Waals surface area contributed by atoms with Crippen LogP contribution in [-0.2, 0) is 4.79 Å². The second kappa shape index (κ2) is 3.73. The van der Waals surface area contributed by atoms with E-state index in [0.717, 1.165) is 5.69 Å². The molecule has 0 spiro atoms. The Bertz CT molecular complexity index is 233. The number of hydrogen-bond donors (Lipinski definition) is 2. The molecule has 1 aromatic carbocycles. The summed E-state index contributed by atoms with van der Waals surface area (Å²) in [6.45, 7) is 0.273. The summed E-state index contributed by atoms with van der Waals surface area (Å²) in [5, 5.41) is 2.69. The summed E-state index contributed by atoms with van der Waals surface area (Å²) in [5.41, 5.74) is 4.29. The van der Waals surface area contributed by atoms with Crippen LogP contribution in [0.5, 0.6) is 0 Å². The minimum atomic E-state index is -0.0591. The number of carbonyl (C=O) groups is 1. The van der Waals surface area contributed by atoms with E-state index in [2.05, 4.69) is 11.1 Å². The highest BCUT2D eigenvalue weighted by Crippen LogP contribution is 2.03. The largest absolute Gasteiger partial charge is 0.350 e. The first-order valence-corrected chi connectivity index (χ1v) is 3.47. The fourth-order valence-electron chi connectivity index (χ4n) is 0.745. The Morgan fingerprint density at radius 3 is 2.55 bits per heavy atom. The Labute approximate surface area is 65.2 Å². The van der Waals surface area contributed by atoms with Crippen molar-refractivity contribution in [2.75, 3.05) is 11.9 Å². The predicted octanol–water partition coefficient (Wildman–Crippen LogP) is -0.133. The lowest BCUT2D eigenvalue weighted by Crippen LogP contribution is -2.55. The number of nitrogens with one attached hydrogen (secondary N) is 1. The van der Waals surface area contributed by atoms with Crippen molar-refractivity contribution in [3.63, 3.8) is 0 Å². The van der Waals surface area contributed by atoms with Gasteiger partial charge in [0.05, 0.1) is 0 Å². The second-order valence-corrected chi connectivity index (χ2v) is 2.16. The number of quaternary nitrogens is 1. The van der Waals surface area contributed by atoms with Crippen molar-refractivity contribution in [2.45, 2.75) is 0 Å². The van der Waals surface area contributed by atoms with Crippen LogP contribution in [0.15, 0.2) is 30.3 Å². The van der Waals surface area contributed by atoms with Crippen molar-refractivity contribution in [1.29, 1.82) is 0 Å². The van der Waals surface area contributed by atoms with E-state index < -0.39 is 0 Å². The molecule has 4 N–H and O–H groups in total. The van der Waals surface area contributed by atoms with E-state index in [9.17, 15) is 4.79 Å². The zero-order chi connectivity index (χ0) is 8.10. The molecule has 0 aromatic heterocycles. The normalized spacial score (nSPS) is 9.18. The summed E-state index contributed by atoms with van der Waals surface area (Å²) in [7, 11) is 0. The molecule has 3 heteroatoms. The third-order valence-electron chi connectivity index (χ3n) is 1.28. The fourth-order valence-corrected chi connectivity index (χ4v) is 0.745. The van der Waals surface area contributed by atoms with Crippen LogP contribution in [0.25, 0.3) is 0 Å². The molecule has 0 atom stereocenters. The van der Waals surface area contributed by atoms with Gasteiger partial charge >= 0.3 is 0 Å². The topological polar surface area (TPSA) is 56.7 Å². The smallest absolute Gasteiger partial charge is 0.279 e. The van der Waals surface area contributed by atoms with Crippen LogP contribution in [0, 0.1) is 0 Å². The number of rotatable bonds is 2. The van der Waals surface area contributed by atoms with Crippen LogP contribution in [0.1, 0.15) is 0 Å². The minimum Gasteiger partial charge on any atom is -0.350 e. The quantitative estimate of drug-likeness (QED) is 0.607. The summed E-state index contributed by atoms with van der Waals surface area (Å²) in [4.78, 5) is 10.8. The first kappa shape index (κ1) is 7.75. The summed E-state index contributed by atoms with van der Waals surface area (Å²) in [5.74, 6) is -0.0591. The summed E-state index contributed by atoms with van der Waals surface area (Å²) in [6.07, 6.45) is 0. The van der Waals surface area contributed by atoms with Gasteiger partial charge in [0.1, 0.15) is 0 Å². The number of para-hydroxylation sites is 1. The van der Waals surface area contributed by atoms with Crippen molar-refractivity contribution in [2.24, 2.45) is 0 Å². The van der Waals surface area contributed by atoms with E-state index in [1.165, 1.54) is 0 Å². The van der Waals surface area contributed by atoms with Crippen molar-refractivity contribution in [1.82, 2.24) is 0 Å². The third kappa shape index (κ3) is 2.39. The maximum Gasteiger partial charge on any atom is 0.279 e. The Hall–Kier alpha value is -1.35. The van der Waals surface area contributed by atoms with E-state index in [0.29, 0.717) is 0 Å². The van der Waals surface area contributed by atoms with Crippen LogP contribution in [0.4, 0.5) is 5.69 Å². The standard InChI is InChI=1S/C8H10N2O/c9-6-8(11)10-7-4-2-1-3-5-7/h1-5H,6,9H2,(H,10,11)/p+1. The van der Waals surface area contributed by atoms with Crippen LogP contribution in [-0.4, -0.2) is 12.5 Å². The molecule has 0 heterocycles. The molecule has 0 saturated heterocycles. The van der Waals surface area contributed by atoms with Crippen molar-refractivity contribution in [3.8, 4) is 0 Å². The second-order valence-electron chi connectivity index (χ2n) is 2.16. The van der Waals surface area contributed by atoms with Gasteiger partial charge < -0.3 is 11.1 Å². The molecule has 3 nitrogen and oxygen atoms in total. The van der Waals surface area contributed by atoms with Crippen molar-refractivity contribution >= 4 is 11.6 Å². The molecule has 0 aliphatic heterocycles. The molecule has 1 rings (SSSR count). The minimum absolute atomic E-state index is 0.0591. The molecule has 0 aliphatic rings. The average molecular weight is 151 g/mol. The van der Waals surface area contributed by atoms with Gasteiger partial charge in [-0.2, -0.15) is 0 Å². The van der Waals surface area contributed by atoms with Crippen LogP contribution in [0.3, 0.4) is 0 Å². The highest BCUT2D eigenvalue weighted by molar-refractivity contribution is 5.91. The van der Waals surface area contributed by atoms with E-state index in [4.69, 9.17) is 0 Å². The van der Waals surface area contributed by atoms with Gasteiger partial charge in [-0.3, -0.25) is 4.79 Å². The van der Waals surface area contributed by atoms with Gasteiger partial charge in [0.2, 0.25) is 0 Å². The molecule has 0 aliphatic carbocycles. The SMILES string of the molecule is [NH3+]CC(=O)Nc1ccccc1. The summed E-state index contributed by atoms with van der Waals surface area (Å²) in [6, 6.07) is 9.33.